The van der Waals surface area contributed by atoms with E-state index in [1.54, 1.807) is 0 Å². The smallest absolute Gasteiger partial charge is 0.272 e. The zero-order chi connectivity index (χ0) is 12.4. The third kappa shape index (κ3) is 2.76. The van der Waals surface area contributed by atoms with Crippen LogP contribution in [0.3, 0.4) is 0 Å². The molecule has 0 amide bonds. The maximum Gasteiger partial charge on any atom is 0.272 e. The van der Waals surface area contributed by atoms with Crippen molar-refractivity contribution >= 4 is 15.4 Å². The minimum atomic E-state index is -1.64. The van der Waals surface area contributed by atoms with E-state index < -0.39 is 21.4 Å². The molecule has 16 heavy (non-hydrogen) atoms. The van der Waals surface area contributed by atoms with Gasteiger partial charge in [0.15, 0.2) is 7.83 Å². The van der Waals surface area contributed by atoms with Gasteiger partial charge in [-0.2, -0.15) is 0 Å². The van der Waals surface area contributed by atoms with Crippen LogP contribution in [0.5, 0.6) is 0 Å². The average molecular weight is 262 g/mol. The second-order valence-corrected chi connectivity index (χ2v) is 20.7. The zero-order valence-corrected chi connectivity index (χ0v) is 13.6. The monoisotopic (exact) mass is 262 g/mol. The van der Waals surface area contributed by atoms with Gasteiger partial charge in [-0.05, 0) is 33.0 Å². The van der Waals surface area contributed by atoms with Gasteiger partial charge in [0, 0.05) is 19.6 Å². The van der Waals surface area contributed by atoms with Crippen LogP contribution in [0.25, 0.3) is 0 Å². The highest BCUT2D eigenvalue weighted by molar-refractivity contribution is 7.38. The predicted molar refractivity (Wildman–Crippen MR) is 71.5 cm³/mol. The molecule has 0 saturated carbocycles. The van der Waals surface area contributed by atoms with E-state index in [9.17, 15) is 0 Å². The Morgan fingerprint density at radius 1 is 1.06 bits per heavy atom. The summed E-state index contributed by atoms with van der Waals surface area (Å²) in [6.07, 6.45) is 0.893. The van der Waals surface area contributed by atoms with Gasteiger partial charge in [0.1, 0.15) is 0 Å². The van der Waals surface area contributed by atoms with Crippen molar-refractivity contribution in [3.63, 3.8) is 0 Å². The fraction of sp³-hybridized carbons (Fsp3) is 1.00. The molecule has 3 nitrogen and oxygen atoms in total. The Kier molecular flexibility index (Phi) is 4.40. The molecular formula is C11H26O3Si2. The summed E-state index contributed by atoms with van der Waals surface area (Å²) in [4.78, 5) is 0. The molecule has 1 heterocycles. The van der Waals surface area contributed by atoms with E-state index in [1.807, 2.05) is 13.8 Å². The van der Waals surface area contributed by atoms with E-state index in [4.69, 9.17) is 13.9 Å². The fourth-order valence-electron chi connectivity index (χ4n) is 2.03. The van der Waals surface area contributed by atoms with Gasteiger partial charge >= 0.3 is 0 Å². The molecule has 0 bridgehead atoms. The van der Waals surface area contributed by atoms with Crippen molar-refractivity contribution in [3.05, 3.63) is 0 Å². The van der Waals surface area contributed by atoms with E-state index in [-0.39, 0.29) is 0 Å². The highest BCUT2D eigenvalue weighted by atomic mass is 29.3. The Hall–Kier alpha value is 0.314. The van der Waals surface area contributed by atoms with Gasteiger partial charge in [0.2, 0.25) is 0 Å². The lowest BCUT2D eigenvalue weighted by Crippen LogP contribution is -2.66. The van der Waals surface area contributed by atoms with E-state index in [2.05, 4.69) is 26.2 Å². The molecule has 96 valence electrons. The first-order chi connectivity index (χ1) is 7.29. The minimum Gasteiger partial charge on any atom is -0.372 e. The molecule has 0 aromatic rings. The van der Waals surface area contributed by atoms with Crippen LogP contribution in [-0.2, 0) is 13.9 Å². The second kappa shape index (κ2) is 4.90. The molecular weight excluding hydrogens is 236 g/mol. The van der Waals surface area contributed by atoms with Crippen LogP contribution in [0.4, 0.5) is 0 Å². The summed E-state index contributed by atoms with van der Waals surface area (Å²) in [6.45, 7) is 14.8. The molecule has 1 aliphatic rings. The van der Waals surface area contributed by atoms with Gasteiger partial charge in [-0.3, -0.25) is 0 Å². The number of hydrogen-bond donors (Lipinski definition) is 0. The molecule has 0 radical (unpaired) electrons. The summed E-state index contributed by atoms with van der Waals surface area (Å²) in [6, 6.07) is 1.24. The van der Waals surface area contributed by atoms with Gasteiger partial charge in [0.05, 0.1) is 7.59 Å². The Morgan fingerprint density at radius 2 is 1.56 bits per heavy atom. The van der Waals surface area contributed by atoms with Crippen LogP contribution in [0.15, 0.2) is 0 Å². The van der Waals surface area contributed by atoms with E-state index >= 15 is 0 Å². The summed E-state index contributed by atoms with van der Waals surface area (Å²) in [5, 5.41) is 0. The van der Waals surface area contributed by atoms with Crippen molar-refractivity contribution in [2.75, 3.05) is 13.2 Å². The SMILES string of the molecule is CCOC1(OCC)CC[Si](C)(C)[Si](C)(C)O1. The molecule has 0 atom stereocenters. The van der Waals surface area contributed by atoms with Crippen LogP contribution in [0, 0.1) is 0 Å². The third-order valence-corrected chi connectivity index (χ3v) is 20.2. The van der Waals surface area contributed by atoms with Crippen LogP contribution >= 0.6 is 0 Å². The molecule has 0 N–H and O–H groups in total. The van der Waals surface area contributed by atoms with Gasteiger partial charge in [0.25, 0.3) is 5.97 Å². The lowest BCUT2D eigenvalue weighted by molar-refractivity contribution is -0.347. The molecule has 1 saturated heterocycles. The number of rotatable bonds is 4. The highest BCUT2D eigenvalue weighted by Crippen LogP contribution is 2.40. The standard InChI is InChI=1S/C11H26O3Si2/c1-7-12-11(13-8-2)9-10-15(3,4)16(5,6)14-11/h7-10H2,1-6H3. The van der Waals surface area contributed by atoms with Crippen molar-refractivity contribution < 1.29 is 13.9 Å². The van der Waals surface area contributed by atoms with Crippen molar-refractivity contribution in [1.29, 1.82) is 0 Å². The van der Waals surface area contributed by atoms with Crippen molar-refractivity contribution in [2.45, 2.75) is 58.5 Å². The summed E-state index contributed by atoms with van der Waals surface area (Å²) in [5.74, 6) is -0.734. The zero-order valence-electron chi connectivity index (χ0n) is 11.6. The first-order valence-corrected chi connectivity index (χ1v) is 13.4. The molecule has 1 fully saturated rings. The molecule has 1 rings (SSSR count). The summed E-state index contributed by atoms with van der Waals surface area (Å²) >= 11 is 0. The second-order valence-electron chi connectivity index (χ2n) is 5.55. The molecule has 0 aromatic carbocycles. The van der Waals surface area contributed by atoms with Crippen LogP contribution < -0.4 is 0 Å². The summed E-state index contributed by atoms with van der Waals surface area (Å²) in [7, 11) is -2.85. The molecule has 5 heteroatoms. The Morgan fingerprint density at radius 3 is 1.94 bits per heavy atom. The van der Waals surface area contributed by atoms with Crippen LogP contribution in [-0.4, -0.2) is 34.6 Å². The number of hydrogen-bond acceptors (Lipinski definition) is 3. The molecule has 0 aliphatic carbocycles. The maximum atomic E-state index is 6.31. The minimum absolute atomic E-state index is 0.645. The molecule has 0 spiro atoms. The quantitative estimate of drug-likeness (QED) is 0.575. The van der Waals surface area contributed by atoms with Crippen molar-refractivity contribution in [3.8, 4) is 0 Å². The topological polar surface area (TPSA) is 27.7 Å². The summed E-state index contributed by atoms with van der Waals surface area (Å²) in [5.41, 5.74) is 0. The largest absolute Gasteiger partial charge is 0.372 e. The lowest BCUT2D eigenvalue weighted by atomic mass is 10.4. The van der Waals surface area contributed by atoms with Crippen LogP contribution in [0.2, 0.25) is 32.2 Å². The summed E-state index contributed by atoms with van der Waals surface area (Å²) < 4.78 is 17.8. The van der Waals surface area contributed by atoms with Gasteiger partial charge in [-0.25, -0.2) is 0 Å². The van der Waals surface area contributed by atoms with Crippen LogP contribution in [0.1, 0.15) is 20.3 Å². The normalized spacial score (nSPS) is 26.6. The van der Waals surface area contributed by atoms with Gasteiger partial charge < -0.3 is 13.9 Å². The fourth-order valence-corrected chi connectivity index (χ4v) is 8.31. The third-order valence-electron chi connectivity index (χ3n) is 3.83. The van der Waals surface area contributed by atoms with Crippen molar-refractivity contribution in [1.82, 2.24) is 0 Å². The highest BCUT2D eigenvalue weighted by Gasteiger charge is 2.54. The first-order valence-electron chi connectivity index (χ1n) is 6.27. The van der Waals surface area contributed by atoms with E-state index in [0.29, 0.717) is 13.2 Å². The average Bonchev–Trinajstić information content (AvgIpc) is 2.13. The maximum absolute atomic E-state index is 6.31. The Bertz CT molecular complexity index is 235. The van der Waals surface area contributed by atoms with Gasteiger partial charge in [-0.1, -0.05) is 13.1 Å². The van der Waals surface area contributed by atoms with E-state index in [1.165, 1.54) is 6.04 Å². The van der Waals surface area contributed by atoms with Gasteiger partial charge in [-0.15, -0.1) is 0 Å². The Labute approximate surface area is 101 Å². The molecule has 0 aromatic heterocycles. The number of ether oxygens (including phenoxy) is 2. The van der Waals surface area contributed by atoms with Crippen molar-refractivity contribution in [2.24, 2.45) is 0 Å². The molecule has 0 unspecified atom stereocenters. The Balaban J connectivity index is 2.84. The predicted octanol–water partition coefficient (Wildman–Crippen LogP) is 3.13. The lowest BCUT2D eigenvalue weighted by Gasteiger charge is -2.50. The van der Waals surface area contributed by atoms with E-state index in [0.717, 1.165) is 6.42 Å². The first kappa shape index (κ1) is 14.4. The molecule has 1 aliphatic heterocycles.